The minimum absolute atomic E-state index is 0.00790. The fraction of sp³-hybridized carbons (Fsp3) is 0.538. The van der Waals surface area contributed by atoms with Crippen molar-refractivity contribution in [3.63, 3.8) is 0 Å². The highest BCUT2D eigenvalue weighted by Crippen LogP contribution is 2.43. The molecule has 2 aromatic carbocycles. The van der Waals surface area contributed by atoms with E-state index in [1.807, 2.05) is 26.0 Å². The van der Waals surface area contributed by atoms with Crippen LogP contribution in [0.15, 0.2) is 48.5 Å². The van der Waals surface area contributed by atoms with Crippen LogP contribution in [0.1, 0.15) is 64.0 Å². The van der Waals surface area contributed by atoms with Crippen molar-refractivity contribution in [3.05, 3.63) is 65.5 Å². The number of halogens is 1. The van der Waals surface area contributed by atoms with Gasteiger partial charge in [-0.25, -0.2) is 4.39 Å². The molecule has 0 saturated carbocycles. The third-order valence-electron chi connectivity index (χ3n) is 5.85. The molecule has 1 N–H and O–H groups in total. The molecule has 0 spiro atoms. The summed E-state index contributed by atoms with van der Waals surface area (Å²) < 4.78 is 26.0. The molecule has 1 aliphatic rings. The van der Waals surface area contributed by atoms with Crippen molar-refractivity contribution in [1.82, 2.24) is 5.32 Å². The molecule has 1 fully saturated rings. The van der Waals surface area contributed by atoms with Crippen molar-refractivity contribution in [2.75, 3.05) is 13.2 Å². The Kier molecular flexibility index (Phi) is 7.90. The van der Waals surface area contributed by atoms with E-state index in [9.17, 15) is 4.39 Å². The van der Waals surface area contributed by atoms with Gasteiger partial charge in [0, 0.05) is 19.2 Å². The first-order valence-electron chi connectivity index (χ1n) is 11.2. The third-order valence-corrected chi connectivity index (χ3v) is 5.85. The second-order valence-electron chi connectivity index (χ2n) is 9.27. The summed E-state index contributed by atoms with van der Waals surface area (Å²) in [6, 6.07) is 15.5. The van der Waals surface area contributed by atoms with Crippen LogP contribution in [0.5, 0.6) is 5.75 Å². The normalized spacial score (nSPS) is 19.6. The fourth-order valence-electron chi connectivity index (χ4n) is 4.52. The van der Waals surface area contributed by atoms with Gasteiger partial charge >= 0.3 is 0 Å². The van der Waals surface area contributed by atoms with E-state index in [-0.39, 0.29) is 17.5 Å². The van der Waals surface area contributed by atoms with Crippen molar-refractivity contribution in [3.8, 4) is 5.75 Å². The van der Waals surface area contributed by atoms with Gasteiger partial charge in [-0.3, -0.25) is 0 Å². The van der Waals surface area contributed by atoms with Crippen LogP contribution in [-0.4, -0.2) is 24.9 Å². The van der Waals surface area contributed by atoms with E-state index in [0.717, 1.165) is 44.5 Å². The van der Waals surface area contributed by atoms with Crippen LogP contribution in [0, 0.1) is 11.7 Å². The van der Waals surface area contributed by atoms with Crippen molar-refractivity contribution in [1.29, 1.82) is 0 Å². The zero-order valence-electron chi connectivity index (χ0n) is 18.8. The molecule has 4 heteroatoms. The molecular formula is C26H36FNO2. The van der Waals surface area contributed by atoms with E-state index in [1.165, 1.54) is 5.56 Å². The summed E-state index contributed by atoms with van der Waals surface area (Å²) in [7, 11) is 0. The molecule has 0 unspecified atom stereocenters. The van der Waals surface area contributed by atoms with Crippen molar-refractivity contribution in [2.24, 2.45) is 5.92 Å². The molecule has 0 amide bonds. The summed E-state index contributed by atoms with van der Waals surface area (Å²) in [5.41, 5.74) is 2.28. The van der Waals surface area contributed by atoms with E-state index >= 15 is 0 Å². The first kappa shape index (κ1) is 22.8. The largest absolute Gasteiger partial charge is 0.491 e. The lowest BCUT2D eigenvalue weighted by Crippen LogP contribution is -2.37. The summed E-state index contributed by atoms with van der Waals surface area (Å²) >= 11 is 0. The summed E-state index contributed by atoms with van der Waals surface area (Å²) in [5.74, 6) is 1.21. The molecule has 164 valence electrons. The molecule has 1 heterocycles. The molecule has 0 aliphatic carbocycles. The van der Waals surface area contributed by atoms with Gasteiger partial charge in [-0.2, -0.15) is 0 Å². The Morgan fingerprint density at radius 3 is 2.63 bits per heavy atom. The lowest BCUT2D eigenvalue weighted by molar-refractivity contribution is -0.0773. The SMILES string of the molecule is CC(C)Oc1cc(F)ccc1[C@@H](CCNCc1ccccc1)[C@@H]1CCOC(C)(C)C1. The topological polar surface area (TPSA) is 30.5 Å². The van der Waals surface area contributed by atoms with Crippen molar-refractivity contribution < 1.29 is 13.9 Å². The molecule has 3 nitrogen and oxygen atoms in total. The first-order valence-corrected chi connectivity index (χ1v) is 11.2. The van der Waals surface area contributed by atoms with Crippen LogP contribution in [0.3, 0.4) is 0 Å². The smallest absolute Gasteiger partial charge is 0.126 e. The van der Waals surface area contributed by atoms with Gasteiger partial charge in [0.1, 0.15) is 11.6 Å². The van der Waals surface area contributed by atoms with Gasteiger partial charge in [0.2, 0.25) is 0 Å². The minimum Gasteiger partial charge on any atom is -0.491 e. The van der Waals surface area contributed by atoms with Gasteiger partial charge in [0.05, 0.1) is 11.7 Å². The fourth-order valence-corrected chi connectivity index (χ4v) is 4.52. The highest BCUT2D eigenvalue weighted by Gasteiger charge is 2.35. The average molecular weight is 414 g/mol. The van der Waals surface area contributed by atoms with E-state index in [2.05, 4.69) is 43.4 Å². The third kappa shape index (κ3) is 6.55. The Hall–Kier alpha value is -1.91. The predicted molar refractivity (Wildman–Crippen MR) is 120 cm³/mol. The zero-order valence-corrected chi connectivity index (χ0v) is 18.8. The van der Waals surface area contributed by atoms with Gasteiger partial charge in [-0.1, -0.05) is 36.4 Å². The molecule has 2 aromatic rings. The highest BCUT2D eigenvalue weighted by atomic mass is 19.1. The van der Waals surface area contributed by atoms with Gasteiger partial charge in [0.25, 0.3) is 0 Å². The van der Waals surface area contributed by atoms with E-state index in [4.69, 9.17) is 9.47 Å². The van der Waals surface area contributed by atoms with Gasteiger partial charge in [0.15, 0.2) is 0 Å². The molecule has 2 atom stereocenters. The summed E-state index contributed by atoms with van der Waals surface area (Å²) in [5, 5.41) is 3.59. The van der Waals surface area contributed by atoms with Gasteiger partial charge < -0.3 is 14.8 Å². The van der Waals surface area contributed by atoms with Crippen molar-refractivity contribution >= 4 is 0 Å². The van der Waals surface area contributed by atoms with Crippen LogP contribution in [0.25, 0.3) is 0 Å². The Morgan fingerprint density at radius 2 is 1.93 bits per heavy atom. The maximum Gasteiger partial charge on any atom is 0.126 e. The maximum absolute atomic E-state index is 14.0. The van der Waals surface area contributed by atoms with Crippen molar-refractivity contribution in [2.45, 2.75) is 71.1 Å². The molecule has 0 radical (unpaired) electrons. The predicted octanol–water partition coefficient (Wildman–Crippen LogP) is 6.08. The summed E-state index contributed by atoms with van der Waals surface area (Å²) in [6.45, 7) is 10.8. The second kappa shape index (κ2) is 10.4. The minimum atomic E-state index is -0.248. The van der Waals surface area contributed by atoms with E-state index in [0.29, 0.717) is 17.6 Å². The first-order chi connectivity index (χ1) is 14.3. The maximum atomic E-state index is 14.0. The molecule has 0 bridgehead atoms. The number of hydrogen-bond acceptors (Lipinski definition) is 3. The number of hydrogen-bond donors (Lipinski definition) is 1. The van der Waals surface area contributed by atoms with Crippen LogP contribution < -0.4 is 10.1 Å². The standard InChI is InChI=1S/C26H36FNO2/c1-19(2)30-25-16-22(27)10-11-24(25)23(21-13-15-29-26(3,4)17-21)12-14-28-18-20-8-6-5-7-9-20/h5-11,16,19,21,23,28H,12-15,17-18H2,1-4H3/t21-,23+/m1/s1. The lowest BCUT2D eigenvalue weighted by Gasteiger charge is -2.40. The Labute approximate surface area is 181 Å². The van der Waals surface area contributed by atoms with Crippen LogP contribution in [0.4, 0.5) is 4.39 Å². The number of benzene rings is 2. The van der Waals surface area contributed by atoms with E-state index < -0.39 is 0 Å². The van der Waals surface area contributed by atoms with Crippen LogP contribution in [-0.2, 0) is 11.3 Å². The summed E-state index contributed by atoms with van der Waals surface area (Å²) in [6.07, 6.45) is 3.00. The molecule has 1 aliphatic heterocycles. The van der Waals surface area contributed by atoms with Crippen LogP contribution in [0.2, 0.25) is 0 Å². The Morgan fingerprint density at radius 1 is 1.17 bits per heavy atom. The summed E-state index contributed by atoms with van der Waals surface area (Å²) in [4.78, 5) is 0. The molecular weight excluding hydrogens is 377 g/mol. The highest BCUT2D eigenvalue weighted by molar-refractivity contribution is 5.38. The number of rotatable bonds is 9. The monoisotopic (exact) mass is 413 g/mol. The lowest BCUT2D eigenvalue weighted by atomic mass is 9.75. The Bertz CT molecular complexity index is 791. The molecule has 0 aromatic heterocycles. The van der Waals surface area contributed by atoms with E-state index in [1.54, 1.807) is 12.1 Å². The molecule has 1 saturated heterocycles. The van der Waals surface area contributed by atoms with Gasteiger partial charge in [-0.15, -0.1) is 0 Å². The average Bonchev–Trinajstić information content (AvgIpc) is 2.68. The Balaban J connectivity index is 1.77. The molecule has 3 rings (SSSR count). The number of nitrogens with one attached hydrogen (secondary N) is 1. The zero-order chi connectivity index (χ0) is 21.6. The number of ether oxygens (including phenoxy) is 2. The quantitative estimate of drug-likeness (QED) is 0.505. The van der Waals surface area contributed by atoms with Gasteiger partial charge in [-0.05, 0) is 82.5 Å². The second-order valence-corrected chi connectivity index (χ2v) is 9.27. The van der Waals surface area contributed by atoms with Crippen LogP contribution >= 0.6 is 0 Å². The molecule has 30 heavy (non-hydrogen) atoms.